The number of aryl methyl sites for hydroxylation is 2. The molecule has 0 saturated heterocycles. The van der Waals surface area contributed by atoms with Crippen LogP contribution < -0.4 is 4.74 Å². The van der Waals surface area contributed by atoms with Gasteiger partial charge in [-0.15, -0.1) is 0 Å². The minimum Gasteiger partial charge on any atom is -0.457 e. The summed E-state index contributed by atoms with van der Waals surface area (Å²) in [6.45, 7) is 4.04. The van der Waals surface area contributed by atoms with Gasteiger partial charge in [0.1, 0.15) is 11.5 Å². The first-order valence-electron chi connectivity index (χ1n) is 4.97. The summed E-state index contributed by atoms with van der Waals surface area (Å²) < 4.78 is 5.72. The summed E-state index contributed by atoms with van der Waals surface area (Å²) in [7, 11) is 0. The van der Waals surface area contributed by atoms with Crippen LogP contribution >= 0.6 is 0 Å². The first-order chi connectivity index (χ1) is 7.24. The number of hydrogen-bond acceptors (Lipinski definition) is 1. The molecule has 1 radical (unpaired) electrons. The lowest BCUT2D eigenvalue weighted by molar-refractivity contribution is 0.482. The van der Waals surface area contributed by atoms with E-state index < -0.39 is 0 Å². The van der Waals surface area contributed by atoms with E-state index >= 15 is 0 Å². The molecule has 15 heavy (non-hydrogen) atoms. The van der Waals surface area contributed by atoms with Crippen LogP contribution in [0.4, 0.5) is 0 Å². The fourth-order valence-electron chi connectivity index (χ4n) is 1.54. The molecule has 0 fully saturated rings. The molecule has 0 aliphatic heterocycles. The Balaban J connectivity index is 2.25. The third-order valence-electron chi connectivity index (χ3n) is 2.09. The van der Waals surface area contributed by atoms with Crippen molar-refractivity contribution in [2.24, 2.45) is 0 Å². The zero-order valence-corrected chi connectivity index (χ0v) is 8.95. The molecule has 0 atom stereocenters. The molecule has 0 aromatic heterocycles. The van der Waals surface area contributed by atoms with Crippen LogP contribution in [-0.4, -0.2) is 0 Å². The van der Waals surface area contributed by atoms with Crippen molar-refractivity contribution in [1.82, 2.24) is 0 Å². The standard InChI is InChI=1S/C14H13O/c1-11-8-12(2)10-14(9-11)15-13-6-4-3-5-7-13/h3-7,9-10H,1-2H3. The van der Waals surface area contributed by atoms with Gasteiger partial charge in [-0.3, -0.25) is 0 Å². The number of ether oxygens (including phenoxy) is 1. The van der Waals surface area contributed by atoms with Gasteiger partial charge in [0.25, 0.3) is 0 Å². The summed E-state index contributed by atoms with van der Waals surface area (Å²) in [6, 6.07) is 17.0. The van der Waals surface area contributed by atoms with Crippen molar-refractivity contribution in [3.63, 3.8) is 0 Å². The summed E-state index contributed by atoms with van der Waals surface area (Å²) >= 11 is 0. The lowest BCUT2D eigenvalue weighted by Gasteiger charge is -2.06. The zero-order valence-electron chi connectivity index (χ0n) is 8.95. The van der Waals surface area contributed by atoms with Crippen molar-refractivity contribution in [3.05, 3.63) is 59.7 Å². The Bertz CT molecular complexity index is 426. The average Bonchev–Trinajstić information content (AvgIpc) is 2.17. The molecule has 2 aromatic carbocycles. The number of para-hydroxylation sites is 1. The third kappa shape index (κ3) is 2.59. The van der Waals surface area contributed by atoms with Crippen LogP contribution in [0.3, 0.4) is 0 Å². The van der Waals surface area contributed by atoms with E-state index in [1.165, 1.54) is 0 Å². The van der Waals surface area contributed by atoms with Gasteiger partial charge in [-0.25, -0.2) is 0 Å². The molecule has 0 heterocycles. The molecule has 2 aromatic rings. The summed E-state index contributed by atoms with van der Waals surface area (Å²) in [5, 5.41) is 0. The van der Waals surface area contributed by atoms with Gasteiger partial charge in [-0.1, -0.05) is 18.2 Å². The monoisotopic (exact) mass is 197 g/mol. The number of benzene rings is 2. The molecule has 75 valence electrons. The molecule has 0 saturated carbocycles. The highest BCUT2D eigenvalue weighted by molar-refractivity contribution is 5.36. The molecule has 2 rings (SSSR count). The largest absolute Gasteiger partial charge is 0.457 e. The molecule has 0 bridgehead atoms. The van der Waals surface area contributed by atoms with Gasteiger partial charge in [0.2, 0.25) is 0 Å². The maximum absolute atomic E-state index is 5.72. The van der Waals surface area contributed by atoms with Gasteiger partial charge >= 0.3 is 0 Å². The van der Waals surface area contributed by atoms with Crippen molar-refractivity contribution in [3.8, 4) is 11.5 Å². The molecule has 0 unspecified atom stereocenters. The second kappa shape index (κ2) is 4.18. The van der Waals surface area contributed by atoms with E-state index in [0.717, 1.165) is 22.6 Å². The van der Waals surface area contributed by atoms with Crippen LogP contribution in [0, 0.1) is 19.9 Å². The van der Waals surface area contributed by atoms with E-state index in [1.807, 2.05) is 56.3 Å². The van der Waals surface area contributed by atoms with Gasteiger partial charge in [-0.2, -0.15) is 0 Å². The normalized spacial score (nSPS) is 10.0. The quantitative estimate of drug-likeness (QED) is 0.709. The first-order valence-corrected chi connectivity index (χ1v) is 4.97. The van der Waals surface area contributed by atoms with Crippen LogP contribution in [0.25, 0.3) is 0 Å². The fraction of sp³-hybridized carbons (Fsp3) is 0.143. The van der Waals surface area contributed by atoms with Gasteiger partial charge in [0.05, 0.1) is 0 Å². The summed E-state index contributed by atoms with van der Waals surface area (Å²) in [4.78, 5) is 0. The van der Waals surface area contributed by atoms with Crippen LogP contribution in [0.15, 0.2) is 42.5 Å². The molecule has 0 aliphatic carbocycles. The Morgan fingerprint density at radius 2 is 1.47 bits per heavy atom. The second-order valence-corrected chi connectivity index (χ2v) is 3.60. The van der Waals surface area contributed by atoms with Crippen molar-refractivity contribution in [2.45, 2.75) is 13.8 Å². The summed E-state index contributed by atoms with van der Waals surface area (Å²) in [5.41, 5.74) is 2.20. The minimum atomic E-state index is 0.863. The van der Waals surface area contributed by atoms with Crippen molar-refractivity contribution in [1.29, 1.82) is 0 Å². The van der Waals surface area contributed by atoms with E-state index in [0.29, 0.717) is 0 Å². The molecular weight excluding hydrogens is 184 g/mol. The van der Waals surface area contributed by atoms with Crippen LogP contribution in [-0.2, 0) is 0 Å². The SMILES string of the molecule is Cc1[c]c(C)cc(Oc2ccccc2)c1. The highest BCUT2D eigenvalue weighted by atomic mass is 16.5. The molecular formula is C14H13O. The maximum Gasteiger partial charge on any atom is 0.128 e. The zero-order chi connectivity index (χ0) is 10.7. The minimum absolute atomic E-state index is 0.863. The maximum atomic E-state index is 5.72. The summed E-state index contributed by atoms with van der Waals surface area (Å²) in [5.74, 6) is 1.73. The Kier molecular flexibility index (Phi) is 2.72. The number of rotatable bonds is 2. The lowest BCUT2D eigenvalue weighted by atomic mass is 10.1. The van der Waals surface area contributed by atoms with Crippen molar-refractivity contribution < 1.29 is 4.74 Å². The lowest BCUT2D eigenvalue weighted by Crippen LogP contribution is -1.86. The third-order valence-corrected chi connectivity index (χ3v) is 2.09. The van der Waals surface area contributed by atoms with Crippen molar-refractivity contribution in [2.75, 3.05) is 0 Å². The van der Waals surface area contributed by atoms with Gasteiger partial charge in [0.15, 0.2) is 0 Å². The van der Waals surface area contributed by atoms with E-state index in [1.54, 1.807) is 0 Å². The predicted molar refractivity (Wildman–Crippen MR) is 61.3 cm³/mol. The van der Waals surface area contributed by atoms with E-state index in [4.69, 9.17) is 4.74 Å². The second-order valence-electron chi connectivity index (χ2n) is 3.60. The Labute approximate surface area is 90.3 Å². The van der Waals surface area contributed by atoms with Gasteiger partial charge in [0, 0.05) is 0 Å². The van der Waals surface area contributed by atoms with Crippen LogP contribution in [0.2, 0.25) is 0 Å². The highest BCUT2D eigenvalue weighted by Crippen LogP contribution is 2.22. The van der Waals surface area contributed by atoms with E-state index in [2.05, 4.69) is 6.07 Å². The number of hydrogen-bond donors (Lipinski definition) is 0. The van der Waals surface area contributed by atoms with Crippen LogP contribution in [0.1, 0.15) is 11.1 Å². The smallest absolute Gasteiger partial charge is 0.128 e. The van der Waals surface area contributed by atoms with Gasteiger partial charge < -0.3 is 4.74 Å². The molecule has 0 spiro atoms. The molecule has 1 nitrogen and oxygen atoms in total. The topological polar surface area (TPSA) is 9.23 Å². The Hall–Kier alpha value is -1.76. The highest BCUT2D eigenvalue weighted by Gasteiger charge is 1.98. The Morgan fingerprint density at radius 3 is 2.07 bits per heavy atom. The molecule has 1 heteroatoms. The molecule has 0 aliphatic rings. The molecule has 0 N–H and O–H groups in total. The summed E-state index contributed by atoms with van der Waals surface area (Å²) in [6.07, 6.45) is 0. The molecule has 0 amide bonds. The fourth-order valence-corrected chi connectivity index (χ4v) is 1.54. The van der Waals surface area contributed by atoms with E-state index in [-0.39, 0.29) is 0 Å². The predicted octanol–water partition coefficient (Wildman–Crippen LogP) is 3.90. The first kappa shape index (κ1) is 9.78. The average molecular weight is 197 g/mol. The van der Waals surface area contributed by atoms with Gasteiger partial charge in [-0.05, 0) is 55.3 Å². The van der Waals surface area contributed by atoms with E-state index in [9.17, 15) is 0 Å². The van der Waals surface area contributed by atoms with Crippen molar-refractivity contribution >= 4 is 0 Å². The van der Waals surface area contributed by atoms with Crippen LogP contribution in [0.5, 0.6) is 11.5 Å². The Morgan fingerprint density at radius 1 is 0.867 bits per heavy atom.